The van der Waals surface area contributed by atoms with Gasteiger partial charge >= 0.3 is 6.09 Å². The lowest BCUT2D eigenvalue weighted by Crippen LogP contribution is -2.46. The van der Waals surface area contributed by atoms with Crippen LogP contribution in [0.15, 0.2) is 48.5 Å². The molecule has 1 unspecified atom stereocenters. The lowest BCUT2D eigenvalue weighted by molar-refractivity contribution is -0.122. The summed E-state index contributed by atoms with van der Waals surface area (Å²) in [6.45, 7) is 10.6. The Morgan fingerprint density at radius 2 is 1.59 bits per heavy atom. The van der Waals surface area contributed by atoms with E-state index < -0.39 is 17.7 Å². The second kappa shape index (κ2) is 16.3. The summed E-state index contributed by atoms with van der Waals surface area (Å²) in [6, 6.07) is 12.0. The maximum atomic E-state index is 13.4. The largest absolute Gasteiger partial charge is 0.444 e. The molecule has 0 bridgehead atoms. The number of piperidine rings is 1. The van der Waals surface area contributed by atoms with Gasteiger partial charge in [-0.05, 0) is 95.6 Å². The fraction of sp³-hybridized carbons (Fsp3) is 0.515. The standard InChI is InChI=1S/C33H45FN4O6/c1-23(36-32(42)44-33(2,3)4)30(40)35-22-24-6-8-27(9-7-24)31(41)38(20-21-43-5)19-18-37-16-14-26(15-17-37)29(39)25-10-12-28(34)13-11-25/h6-13,23,26H,14-22H2,1-5H3,(H,35,40)(H,36,42). The quantitative estimate of drug-likeness (QED) is 0.328. The van der Waals surface area contributed by atoms with Crippen LogP contribution in [0.3, 0.4) is 0 Å². The van der Waals surface area contributed by atoms with Crippen molar-refractivity contribution in [2.24, 2.45) is 5.92 Å². The van der Waals surface area contributed by atoms with Crippen molar-refractivity contribution in [2.75, 3.05) is 46.4 Å². The lowest BCUT2D eigenvalue weighted by Gasteiger charge is -2.33. The summed E-state index contributed by atoms with van der Waals surface area (Å²) < 4.78 is 23.6. The van der Waals surface area contributed by atoms with Crippen molar-refractivity contribution in [3.8, 4) is 0 Å². The topological polar surface area (TPSA) is 117 Å². The molecule has 3 amide bonds. The Morgan fingerprint density at radius 3 is 2.18 bits per heavy atom. The van der Waals surface area contributed by atoms with E-state index >= 15 is 0 Å². The molecule has 1 aliphatic heterocycles. The molecule has 11 heteroatoms. The van der Waals surface area contributed by atoms with Crippen LogP contribution in [0.25, 0.3) is 0 Å². The van der Waals surface area contributed by atoms with Crippen LogP contribution in [0.2, 0.25) is 0 Å². The monoisotopic (exact) mass is 612 g/mol. The summed E-state index contributed by atoms with van der Waals surface area (Å²) in [7, 11) is 1.60. The predicted octanol–water partition coefficient (Wildman–Crippen LogP) is 4.04. The van der Waals surface area contributed by atoms with Gasteiger partial charge in [-0.1, -0.05) is 12.1 Å². The number of hydrogen-bond acceptors (Lipinski definition) is 7. The summed E-state index contributed by atoms with van der Waals surface area (Å²) in [5, 5.41) is 5.29. The third-order valence-corrected chi connectivity index (χ3v) is 7.42. The first-order chi connectivity index (χ1) is 20.9. The second-order valence-corrected chi connectivity index (χ2v) is 12.1. The Bertz CT molecular complexity index is 1250. The average Bonchev–Trinajstić information content (AvgIpc) is 2.99. The molecule has 1 aliphatic rings. The molecule has 0 radical (unpaired) electrons. The van der Waals surface area contributed by atoms with Crippen LogP contribution in [-0.2, 0) is 20.8 Å². The number of carbonyl (C=O) groups is 4. The number of rotatable bonds is 13. The number of halogens is 1. The summed E-state index contributed by atoms with van der Waals surface area (Å²) in [6.07, 6.45) is 0.772. The maximum Gasteiger partial charge on any atom is 0.408 e. The van der Waals surface area contributed by atoms with E-state index in [9.17, 15) is 23.6 Å². The summed E-state index contributed by atoms with van der Waals surface area (Å²) in [5.74, 6) is -0.864. The van der Waals surface area contributed by atoms with Gasteiger partial charge in [-0.2, -0.15) is 0 Å². The Balaban J connectivity index is 1.48. The molecule has 2 N–H and O–H groups in total. The molecule has 1 fully saturated rings. The number of methoxy groups -OCH3 is 1. The van der Waals surface area contributed by atoms with Crippen molar-refractivity contribution in [2.45, 2.75) is 58.7 Å². The number of hydrogen-bond donors (Lipinski definition) is 2. The fourth-order valence-corrected chi connectivity index (χ4v) is 4.89. The van der Waals surface area contributed by atoms with Crippen LogP contribution in [0.1, 0.15) is 66.8 Å². The first-order valence-corrected chi connectivity index (χ1v) is 15.0. The molecule has 1 atom stereocenters. The summed E-state index contributed by atoms with van der Waals surface area (Å²) in [5.41, 5.74) is 1.21. The second-order valence-electron chi connectivity index (χ2n) is 12.1. The molecular weight excluding hydrogens is 567 g/mol. The van der Waals surface area contributed by atoms with Crippen LogP contribution < -0.4 is 10.6 Å². The van der Waals surface area contributed by atoms with E-state index in [0.717, 1.165) is 31.5 Å². The first-order valence-electron chi connectivity index (χ1n) is 15.0. The molecule has 240 valence electrons. The van der Waals surface area contributed by atoms with E-state index in [1.165, 1.54) is 12.1 Å². The molecule has 0 aromatic heterocycles. The van der Waals surface area contributed by atoms with Crippen LogP contribution in [0.4, 0.5) is 9.18 Å². The number of ether oxygens (including phenoxy) is 2. The minimum Gasteiger partial charge on any atom is -0.444 e. The van der Waals surface area contributed by atoms with Gasteiger partial charge in [0.05, 0.1) is 6.61 Å². The van der Waals surface area contributed by atoms with Gasteiger partial charge in [-0.15, -0.1) is 0 Å². The van der Waals surface area contributed by atoms with Crippen molar-refractivity contribution in [3.63, 3.8) is 0 Å². The number of Topliss-reactive ketones (excluding diaryl/α,β-unsaturated/α-hetero) is 1. The number of likely N-dealkylation sites (tertiary alicyclic amines) is 1. The molecule has 10 nitrogen and oxygen atoms in total. The minimum absolute atomic E-state index is 0.0524. The molecule has 0 spiro atoms. The zero-order valence-electron chi connectivity index (χ0n) is 26.4. The van der Waals surface area contributed by atoms with Crippen molar-refractivity contribution >= 4 is 23.7 Å². The highest BCUT2D eigenvalue weighted by molar-refractivity contribution is 5.98. The number of carbonyl (C=O) groups excluding carboxylic acids is 4. The highest BCUT2D eigenvalue weighted by atomic mass is 19.1. The SMILES string of the molecule is COCCN(CCN1CCC(C(=O)c2ccc(F)cc2)CC1)C(=O)c1ccc(CNC(=O)C(C)NC(=O)OC(C)(C)C)cc1. The molecule has 1 heterocycles. The Hall–Kier alpha value is -3.83. The van der Waals surface area contributed by atoms with Gasteiger partial charge in [0.2, 0.25) is 5.91 Å². The van der Waals surface area contributed by atoms with Crippen molar-refractivity contribution in [3.05, 3.63) is 71.0 Å². The van der Waals surface area contributed by atoms with Crippen LogP contribution in [-0.4, -0.2) is 91.6 Å². The average molecular weight is 613 g/mol. The molecule has 0 aliphatic carbocycles. The fourth-order valence-electron chi connectivity index (χ4n) is 4.89. The Labute approximate surface area is 259 Å². The van der Waals surface area contributed by atoms with E-state index in [-0.39, 0.29) is 35.9 Å². The molecular formula is C33H45FN4O6. The van der Waals surface area contributed by atoms with E-state index in [0.29, 0.717) is 37.4 Å². The number of benzene rings is 2. The molecule has 3 rings (SSSR count). The van der Waals surface area contributed by atoms with Gasteiger partial charge in [-0.25, -0.2) is 9.18 Å². The van der Waals surface area contributed by atoms with E-state index in [1.54, 1.807) is 76.1 Å². The van der Waals surface area contributed by atoms with E-state index in [1.807, 2.05) is 0 Å². The normalized spacial score (nSPS) is 14.9. The van der Waals surface area contributed by atoms with Crippen molar-refractivity contribution in [1.29, 1.82) is 0 Å². The third kappa shape index (κ3) is 11.0. The van der Waals surface area contributed by atoms with Gasteiger partial charge in [-0.3, -0.25) is 14.4 Å². The highest BCUT2D eigenvalue weighted by Gasteiger charge is 2.27. The minimum atomic E-state index is -0.777. The van der Waals surface area contributed by atoms with Crippen molar-refractivity contribution < 1.29 is 33.0 Å². The molecule has 2 aromatic carbocycles. The van der Waals surface area contributed by atoms with E-state index in [2.05, 4.69) is 15.5 Å². The Kier molecular flexibility index (Phi) is 12.8. The molecule has 0 saturated carbocycles. The highest BCUT2D eigenvalue weighted by Crippen LogP contribution is 2.22. The number of nitrogens with zero attached hydrogens (tertiary/aromatic N) is 2. The van der Waals surface area contributed by atoms with Gasteiger partial charge in [0, 0.05) is 50.3 Å². The van der Waals surface area contributed by atoms with Crippen LogP contribution >= 0.6 is 0 Å². The smallest absolute Gasteiger partial charge is 0.408 e. The van der Waals surface area contributed by atoms with Gasteiger partial charge in [0.25, 0.3) is 5.91 Å². The summed E-state index contributed by atoms with van der Waals surface area (Å²) in [4.78, 5) is 54.5. The number of alkyl carbamates (subject to hydrolysis) is 1. The third-order valence-electron chi connectivity index (χ3n) is 7.42. The number of amides is 3. The number of nitrogens with one attached hydrogen (secondary N) is 2. The molecule has 44 heavy (non-hydrogen) atoms. The zero-order valence-corrected chi connectivity index (χ0v) is 26.4. The van der Waals surface area contributed by atoms with Gasteiger partial charge in [0.15, 0.2) is 5.78 Å². The summed E-state index contributed by atoms with van der Waals surface area (Å²) >= 11 is 0. The molecule has 1 saturated heterocycles. The van der Waals surface area contributed by atoms with Crippen molar-refractivity contribution in [1.82, 2.24) is 20.4 Å². The Morgan fingerprint density at radius 1 is 0.977 bits per heavy atom. The van der Waals surface area contributed by atoms with E-state index in [4.69, 9.17) is 9.47 Å². The van der Waals surface area contributed by atoms with Gasteiger partial charge in [0.1, 0.15) is 17.5 Å². The maximum absolute atomic E-state index is 13.4. The first kappa shape index (κ1) is 34.7. The predicted molar refractivity (Wildman–Crippen MR) is 165 cm³/mol. The number of ketones is 1. The molecule has 2 aromatic rings. The van der Waals surface area contributed by atoms with Crippen LogP contribution in [0.5, 0.6) is 0 Å². The zero-order chi connectivity index (χ0) is 32.3. The van der Waals surface area contributed by atoms with Crippen LogP contribution in [0, 0.1) is 11.7 Å². The lowest BCUT2D eigenvalue weighted by atomic mass is 9.89. The van der Waals surface area contributed by atoms with Gasteiger partial charge < -0.3 is 29.9 Å².